The third-order valence-corrected chi connectivity index (χ3v) is 7.17. The fraction of sp³-hybridized carbons (Fsp3) is 1.00. The largest absolute Gasteiger partial charge is 0.303 e. The zero-order chi connectivity index (χ0) is 16.4. The van der Waals surface area contributed by atoms with Crippen LogP contribution in [0.5, 0.6) is 0 Å². The highest BCUT2D eigenvalue weighted by Crippen LogP contribution is 2.39. The Kier molecular flexibility index (Phi) is 5.83. The number of rotatable bonds is 5. The van der Waals surface area contributed by atoms with Gasteiger partial charge in [0, 0.05) is 32.0 Å². The fourth-order valence-corrected chi connectivity index (χ4v) is 4.67. The average molecular weight is 338 g/mol. The SMILES string of the molecule is CCS(=O)(=O)N(C)C1CCN(CC2CCCCC2(F)F)CC1. The third kappa shape index (κ3) is 4.17. The van der Waals surface area contributed by atoms with E-state index in [-0.39, 0.29) is 18.2 Å². The number of hydrogen-bond acceptors (Lipinski definition) is 3. The van der Waals surface area contributed by atoms with Crippen molar-refractivity contribution in [2.24, 2.45) is 5.92 Å². The van der Waals surface area contributed by atoms with E-state index in [1.165, 1.54) is 4.31 Å². The minimum atomic E-state index is -3.17. The zero-order valence-electron chi connectivity index (χ0n) is 13.6. The van der Waals surface area contributed by atoms with Crippen LogP contribution in [0.3, 0.4) is 0 Å². The van der Waals surface area contributed by atoms with Crippen molar-refractivity contribution in [2.75, 3.05) is 32.4 Å². The minimum Gasteiger partial charge on any atom is -0.303 e. The summed E-state index contributed by atoms with van der Waals surface area (Å²) in [4.78, 5) is 2.09. The van der Waals surface area contributed by atoms with Gasteiger partial charge in [0.05, 0.1) is 5.75 Å². The molecule has 0 aromatic heterocycles. The molecule has 0 bridgehead atoms. The van der Waals surface area contributed by atoms with Crippen LogP contribution >= 0.6 is 0 Å². The van der Waals surface area contributed by atoms with Crippen LogP contribution in [0.25, 0.3) is 0 Å². The normalized spacial score (nSPS) is 28.1. The summed E-state index contributed by atoms with van der Waals surface area (Å²) in [6.07, 6.45) is 3.62. The van der Waals surface area contributed by atoms with Crippen LogP contribution in [0, 0.1) is 5.92 Å². The van der Waals surface area contributed by atoms with Crippen LogP contribution in [-0.4, -0.2) is 62.0 Å². The Morgan fingerprint density at radius 3 is 2.36 bits per heavy atom. The molecule has 1 saturated carbocycles. The van der Waals surface area contributed by atoms with Crippen molar-refractivity contribution in [3.05, 3.63) is 0 Å². The first kappa shape index (κ1) is 18.1. The zero-order valence-corrected chi connectivity index (χ0v) is 14.4. The van der Waals surface area contributed by atoms with Crippen molar-refractivity contribution in [2.45, 2.75) is 57.4 Å². The molecule has 1 unspecified atom stereocenters. The molecule has 2 fully saturated rings. The van der Waals surface area contributed by atoms with E-state index in [0.717, 1.165) is 19.3 Å². The number of piperidine rings is 1. The Labute approximate surface area is 132 Å². The Hall–Kier alpha value is -0.270. The Balaban J connectivity index is 1.85. The lowest BCUT2D eigenvalue weighted by Crippen LogP contribution is -2.48. The van der Waals surface area contributed by atoms with E-state index in [2.05, 4.69) is 4.90 Å². The van der Waals surface area contributed by atoms with Gasteiger partial charge in [0.2, 0.25) is 10.0 Å². The van der Waals surface area contributed by atoms with E-state index >= 15 is 0 Å². The molecule has 1 aliphatic carbocycles. The van der Waals surface area contributed by atoms with Crippen LogP contribution in [-0.2, 0) is 10.0 Å². The molecule has 0 spiro atoms. The summed E-state index contributed by atoms with van der Waals surface area (Å²) in [6, 6.07) is 0.00747. The Bertz CT molecular complexity index is 462. The molecule has 2 rings (SSSR count). The van der Waals surface area contributed by atoms with Crippen LogP contribution in [0.1, 0.15) is 45.4 Å². The van der Waals surface area contributed by atoms with Gasteiger partial charge in [-0.05, 0) is 45.7 Å². The van der Waals surface area contributed by atoms with Gasteiger partial charge >= 0.3 is 0 Å². The van der Waals surface area contributed by atoms with E-state index in [9.17, 15) is 17.2 Å². The fourth-order valence-electron chi connectivity index (χ4n) is 3.60. The van der Waals surface area contributed by atoms with Crippen molar-refractivity contribution in [3.63, 3.8) is 0 Å². The van der Waals surface area contributed by atoms with Crippen molar-refractivity contribution in [1.82, 2.24) is 9.21 Å². The highest BCUT2D eigenvalue weighted by Gasteiger charge is 2.42. The molecule has 1 saturated heterocycles. The van der Waals surface area contributed by atoms with E-state index in [1.807, 2.05) is 0 Å². The molecule has 1 heterocycles. The van der Waals surface area contributed by atoms with Crippen molar-refractivity contribution in [3.8, 4) is 0 Å². The summed E-state index contributed by atoms with van der Waals surface area (Å²) in [5, 5.41) is 0. The highest BCUT2D eigenvalue weighted by molar-refractivity contribution is 7.89. The molecule has 22 heavy (non-hydrogen) atoms. The van der Waals surface area contributed by atoms with Crippen LogP contribution in [0.15, 0.2) is 0 Å². The topological polar surface area (TPSA) is 40.6 Å². The van der Waals surface area contributed by atoms with E-state index in [1.54, 1.807) is 14.0 Å². The van der Waals surface area contributed by atoms with Crippen LogP contribution in [0.2, 0.25) is 0 Å². The molecular formula is C15H28F2N2O2S. The molecule has 2 aliphatic rings. The first-order valence-electron chi connectivity index (χ1n) is 8.32. The summed E-state index contributed by atoms with van der Waals surface area (Å²) in [6.45, 7) is 3.51. The lowest BCUT2D eigenvalue weighted by Gasteiger charge is -2.40. The maximum Gasteiger partial charge on any atom is 0.252 e. The standard InChI is InChI=1S/C15H28F2N2O2S/c1-3-22(20,21)18(2)14-7-10-19(11-8-14)12-13-6-4-5-9-15(13,16)17/h13-14H,3-12H2,1-2H3. The first-order valence-corrected chi connectivity index (χ1v) is 9.93. The summed E-state index contributed by atoms with van der Waals surface area (Å²) in [5.74, 6) is -2.95. The highest BCUT2D eigenvalue weighted by atomic mass is 32.2. The molecule has 1 atom stereocenters. The molecule has 0 radical (unpaired) electrons. The molecule has 0 N–H and O–H groups in total. The summed E-state index contributed by atoms with van der Waals surface area (Å²) < 4.78 is 53.1. The van der Waals surface area contributed by atoms with Gasteiger partial charge in [-0.3, -0.25) is 0 Å². The molecular weight excluding hydrogens is 310 g/mol. The molecule has 1 aliphatic heterocycles. The minimum absolute atomic E-state index is 0.00747. The summed E-state index contributed by atoms with van der Waals surface area (Å²) in [7, 11) is -1.53. The van der Waals surface area contributed by atoms with E-state index in [0.29, 0.717) is 32.5 Å². The molecule has 7 heteroatoms. The van der Waals surface area contributed by atoms with Gasteiger partial charge in [-0.1, -0.05) is 6.42 Å². The Morgan fingerprint density at radius 1 is 1.18 bits per heavy atom. The van der Waals surface area contributed by atoms with E-state index in [4.69, 9.17) is 0 Å². The number of hydrogen-bond donors (Lipinski definition) is 0. The maximum absolute atomic E-state index is 13.9. The molecule has 0 aromatic carbocycles. The number of likely N-dealkylation sites (tertiary alicyclic amines) is 1. The number of sulfonamides is 1. The van der Waals surface area contributed by atoms with Gasteiger partial charge in [-0.15, -0.1) is 0 Å². The quantitative estimate of drug-likeness (QED) is 0.773. The van der Waals surface area contributed by atoms with Crippen LogP contribution in [0.4, 0.5) is 8.78 Å². The maximum atomic E-state index is 13.9. The number of nitrogens with zero attached hydrogens (tertiary/aromatic N) is 2. The van der Waals surface area contributed by atoms with Crippen molar-refractivity contribution in [1.29, 1.82) is 0 Å². The third-order valence-electron chi connectivity index (χ3n) is 5.26. The first-order chi connectivity index (χ1) is 10.3. The van der Waals surface area contributed by atoms with Gasteiger partial charge in [0.15, 0.2) is 0 Å². The second kappa shape index (κ2) is 7.09. The molecule has 0 amide bonds. The molecule has 4 nitrogen and oxygen atoms in total. The predicted octanol–water partition coefficient (Wildman–Crippen LogP) is 2.56. The van der Waals surface area contributed by atoms with Gasteiger partial charge in [-0.25, -0.2) is 21.5 Å². The van der Waals surface area contributed by atoms with Gasteiger partial charge < -0.3 is 4.90 Å². The lowest BCUT2D eigenvalue weighted by atomic mass is 9.85. The predicted molar refractivity (Wildman–Crippen MR) is 83.6 cm³/mol. The monoisotopic (exact) mass is 338 g/mol. The van der Waals surface area contributed by atoms with Crippen LogP contribution < -0.4 is 0 Å². The number of halogens is 2. The van der Waals surface area contributed by atoms with Crippen molar-refractivity contribution >= 4 is 10.0 Å². The lowest BCUT2D eigenvalue weighted by molar-refractivity contribution is -0.0962. The van der Waals surface area contributed by atoms with Crippen molar-refractivity contribution < 1.29 is 17.2 Å². The Morgan fingerprint density at radius 2 is 1.82 bits per heavy atom. The summed E-state index contributed by atoms with van der Waals surface area (Å²) >= 11 is 0. The number of alkyl halides is 2. The van der Waals surface area contributed by atoms with E-state index < -0.39 is 21.9 Å². The molecule has 130 valence electrons. The summed E-state index contributed by atoms with van der Waals surface area (Å²) in [5.41, 5.74) is 0. The van der Waals surface area contributed by atoms with Gasteiger partial charge in [-0.2, -0.15) is 0 Å². The van der Waals surface area contributed by atoms with Gasteiger partial charge in [0.25, 0.3) is 5.92 Å². The average Bonchev–Trinajstić information content (AvgIpc) is 2.49. The second-order valence-electron chi connectivity index (χ2n) is 6.65. The second-order valence-corrected chi connectivity index (χ2v) is 8.97. The van der Waals surface area contributed by atoms with Gasteiger partial charge in [0.1, 0.15) is 0 Å². The smallest absolute Gasteiger partial charge is 0.252 e. The molecule has 0 aromatic rings.